The minimum absolute atomic E-state index is 0.0172. The number of ether oxygens (including phenoxy) is 1. The second kappa shape index (κ2) is 12.2. The summed E-state index contributed by atoms with van der Waals surface area (Å²) in [5.74, 6) is 1.24. The van der Waals surface area contributed by atoms with Crippen molar-refractivity contribution in [3.63, 3.8) is 0 Å². The van der Waals surface area contributed by atoms with Gasteiger partial charge in [0, 0.05) is 24.0 Å². The Morgan fingerprint density at radius 1 is 1.18 bits per heavy atom. The lowest BCUT2D eigenvalue weighted by molar-refractivity contribution is -0.135. The second-order valence-corrected chi connectivity index (χ2v) is 10.3. The molecule has 0 aliphatic carbocycles. The average molecular weight is 486 g/mol. The van der Waals surface area contributed by atoms with Gasteiger partial charge in [-0.25, -0.2) is 4.79 Å². The fourth-order valence-electron chi connectivity index (χ4n) is 4.22. The number of nitrogens with zero attached hydrogens (tertiary/aromatic N) is 2. The third-order valence-corrected chi connectivity index (χ3v) is 7.58. The number of hydrogen-bond donors (Lipinski definition) is 1. The van der Waals surface area contributed by atoms with Gasteiger partial charge in [-0.2, -0.15) is 0 Å². The largest absolute Gasteiger partial charge is 0.491 e. The third-order valence-electron chi connectivity index (χ3n) is 6.59. The number of carbonyl (C=O) groups is 2. The van der Waals surface area contributed by atoms with E-state index in [0.717, 1.165) is 30.6 Å². The van der Waals surface area contributed by atoms with Crippen LogP contribution in [0.25, 0.3) is 0 Å². The van der Waals surface area contributed by atoms with E-state index < -0.39 is 0 Å². The highest BCUT2D eigenvalue weighted by atomic mass is 32.1. The van der Waals surface area contributed by atoms with Crippen LogP contribution in [0.4, 0.5) is 4.79 Å². The Hall–Kier alpha value is -2.54. The van der Waals surface area contributed by atoms with Crippen LogP contribution in [0.3, 0.4) is 0 Å². The van der Waals surface area contributed by atoms with Crippen LogP contribution in [-0.2, 0) is 11.2 Å². The van der Waals surface area contributed by atoms with E-state index >= 15 is 0 Å². The van der Waals surface area contributed by atoms with Crippen LogP contribution in [-0.4, -0.2) is 54.0 Å². The average Bonchev–Trinajstić information content (AvgIpc) is 3.33. The Bertz CT molecular complexity index is 941. The Morgan fingerprint density at radius 2 is 1.91 bits per heavy atom. The Kier molecular flexibility index (Phi) is 9.39. The molecule has 0 saturated heterocycles. The van der Waals surface area contributed by atoms with E-state index in [2.05, 4.69) is 42.7 Å². The minimum atomic E-state index is -0.171. The molecule has 0 radical (unpaired) electrons. The first kappa shape index (κ1) is 26.1. The fraction of sp³-hybridized carbons (Fsp3) is 0.556. The van der Waals surface area contributed by atoms with Crippen LogP contribution in [0.15, 0.2) is 35.7 Å². The lowest BCUT2D eigenvalue weighted by atomic mass is 10.00. The maximum Gasteiger partial charge on any atom is 0.318 e. The minimum Gasteiger partial charge on any atom is -0.491 e. The van der Waals surface area contributed by atoms with Crippen molar-refractivity contribution < 1.29 is 14.3 Å². The van der Waals surface area contributed by atoms with E-state index in [1.54, 1.807) is 16.2 Å². The smallest absolute Gasteiger partial charge is 0.318 e. The molecular formula is C27H39N3O3S. The van der Waals surface area contributed by atoms with Crippen LogP contribution >= 0.6 is 11.3 Å². The van der Waals surface area contributed by atoms with Crippen molar-refractivity contribution in [1.29, 1.82) is 0 Å². The van der Waals surface area contributed by atoms with Gasteiger partial charge in [-0.15, -0.1) is 11.3 Å². The Labute approximate surface area is 208 Å². The molecule has 1 aromatic heterocycles. The summed E-state index contributed by atoms with van der Waals surface area (Å²) < 4.78 is 6.18. The van der Waals surface area contributed by atoms with Gasteiger partial charge < -0.3 is 19.9 Å². The summed E-state index contributed by atoms with van der Waals surface area (Å²) in [5.41, 5.74) is 2.43. The number of rotatable bonds is 10. The van der Waals surface area contributed by atoms with Crippen LogP contribution < -0.4 is 10.1 Å². The summed E-state index contributed by atoms with van der Waals surface area (Å²) in [4.78, 5) is 31.2. The molecule has 2 atom stereocenters. The molecule has 3 amide bonds. The highest BCUT2D eigenvalue weighted by Gasteiger charge is 2.34. The molecule has 3 rings (SSSR count). The molecule has 7 heteroatoms. The molecule has 1 aliphatic heterocycles. The van der Waals surface area contributed by atoms with Crippen molar-refractivity contribution in [2.75, 3.05) is 26.2 Å². The van der Waals surface area contributed by atoms with Gasteiger partial charge in [0.15, 0.2) is 0 Å². The van der Waals surface area contributed by atoms with E-state index in [9.17, 15) is 9.59 Å². The maximum atomic E-state index is 13.5. The molecule has 0 saturated carbocycles. The summed E-state index contributed by atoms with van der Waals surface area (Å²) in [5, 5.41) is 5.02. The Morgan fingerprint density at radius 3 is 2.56 bits per heavy atom. The van der Waals surface area contributed by atoms with Crippen molar-refractivity contribution in [3.8, 4) is 5.75 Å². The molecule has 0 unspecified atom stereocenters. The van der Waals surface area contributed by atoms with Crippen LogP contribution in [0, 0.1) is 0 Å². The topological polar surface area (TPSA) is 61.9 Å². The number of hydrogen-bond acceptors (Lipinski definition) is 4. The lowest BCUT2D eigenvalue weighted by Crippen LogP contribution is -2.52. The summed E-state index contributed by atoms with van der Waals surface area (Å²) in [6.07, 6.45) is 2.49. The van der Waals surface area contributed by atoms with Crippen LogP contribution in [0.1, 0.15) is 75.4 Å². The standard InChI is InChI=1S/C27H39N3O3S/c1-6-14-28-27(32)30(20(5)7-2)17-26(31)29-15-12-25-23(13-16-34-25)24(29)18-33-22-10-8-21(9-11-22)19(3)4/h8-11,13,16,19-20,24H,6-7,12,14-15,17-18H2,1-5H3,(H,28,32)/t20-,24+/m1/s1. The first-order valence-electron chi connectivity index (χ1n) is 12.5. The van der Waals surface area contributed by atoms with Gasteiger partial charge in [0.25, 0.3) is 0 Å². The number of fused-ring (bicyclic) bond motifs is 1. The molecule has 6 nitrogen and oxygen atoms in total. The first-order valence-corrected chi connectivity index (χ1v) is 13.4. The van der Waals surface area contributed by atoms with Gasteiger partial charge in [-0.3, -0.25) is 4.79 Å². The molecule has 1 aliphatic rings. The predicted octanol–water partition coefficient (Wildman–Crippen LogP) is 5.60. The molecule has 34 heavy (non-hydrogen) atoms. The molecular weight excluding hydrogens is 446 g/mol. The zero-order chi connectivity index (χ0) is 24.7. The van der Waals surface area contributed by atoms with Gasteiger partial charge in [0.05, 0.1) is 6.04 Å². The normalized spacial score (nSPS) is 16.2. The third kappa shape index (κ3) is 6.32. The lowest BCUT2D eigenvalue weighted by Gasteiger charge is -2.38. The maximum absolute atomic E-state index is 13.5. The number of thiophene rings is 1. The highest BCUT2D eigenvalue weighted by Crippen LogP contribution is 2.34. The molecule has 0 bridgehead atoms. The zero-order valence-electron chi connectivity index (χ0n) is 21.2. The van der Waals surface area contributed by atoms with E-state index in [0.29, 0.717) is 25.6 Å². The highest BCUT2D eigenvalue weighted by molar-refractivity contribution is 7.10. The fourth-order valence-corrected chi connectivity index (χ4v) is 5.15. The molecule has 0 fully saturated rings. The van der Waals surface area contributed by atoms with Crippen molar-refractivity contribution in [2.45, 2.75) is 71.9 Å². The van der Waals surface area contributed by atoms with E-state index in [1.807, 2.05) is 37.8 Å². The summed E-state index contributed by atoms with van der Waals surface area (Å²) in [6, 6.07) is 9.95. The number of carbonyl (C=O) groups excluding carboxylic acids is 2. The molecule has 186 valence electrons. The summed E-state index contributed by atoms with van der Waals surface area (Å²) in [7, 11) is 0. The SMILES string of the molecule is CCCNC(=O)N(CC(=O)N1CCc2sccc2[C@@H]1COc1ccc(C(C)C)cc1)[C@H](C)CC. The van der Waals surface area contributed by atoms with Crippen LogP contribution in [0.2, 0.25) is 0 Å². The summed E-state index contributed by atoms with van der Waals surface area (Å²) >= 11 is 1.74. The molecule has 2 aromatic rings. The van der Waals surface area contributed by atoms with E-state index in [1.165, 1.54) is 10.4 Å². The van der Waals surface area contributed by atoms with Crippen molar-refractivity contribution in [3.05, 3.63) is 51.7 Å². The van der Waals surface area contributed by atoms with Gasteiger partial charge in [-0.1, -0.05) is 39.8 Å². The van der Waals surface area contributed by atoms with Gasteiger partial charge in [-0.05, 0) is 66.8 Å². The summed E-state index contributed by atoms with van der Waals surface area (Å²) in [6.45, 7) is 12.1. The first-order chi connectivity index (χ1) is 16.3. The van der Waals surface area contributed by atoms with Crippen molar-refractivity contribution in [1.82, 2.24) is 15.1 Å². The number of urea groups is 1. The second-order valence-electron chi connectivity index (χ2n) is 9.30. The van der Waals surface area contributed by atoms with E-state index in [4.69, 9.17) is 4.74 Å². The molecule has 1 N–H and O–H groups in total. The van der Waals surface area contributed by atoms with Gasteiger partial charge in [0.2, 0.25) is 5.91 Å². The van der Waals surface area contributed by atoms with Gasteiger partial charge in [0.1, 0.15) is 18.9 Å². The number of benzene rings is 1. The van der Waals surface area contributed by atoms with Crippen LogP contribution in [0.5, 0.6) is 5.75 Å². The molecule has 1 aromatic carbocycles. The van der Waals surface area contributed by atoms with Gasteiger partial charge >= 0.3 is 6.03 Å². The predicted molar refractivity (Wildman–Crippen MR) is 139 cm³/mol. The van der Waals surface area contributed by atoms with E-state index in [-0.39, 0.29) is 30.6 Å². The molecule has 0 spiro atoms. The Balaban J connectivity index is 1.75. The zero-order valence-corrected chi connectivity index (χ0v) is 22.0. The monoisotopic (exact) mass is 485 g/mol. The number of amides is 3. The molecule has 2 heterocycles. The quantitative estimate of drug-likeness (QED) is 0.477. The van der Waals surface area contributed by atoms with Crippen molar-refractivity contribution >= 4 is 23.3 Å². The van der Waals surface area contributed by atoms with Crippen molar-refractivity contribution in [2.24, 2.45) is 0 Å². The number of nitrogens with one attached hydrogen (secondary N) is 1.